The third-order valence-corrected chi connectivity index (χ3v) is 2.53. The zero-order chi connectivity index (χ0) is 8.74. The van der Waals surface area contributed by atoms with Crippen LogP contribution < -0.4 is 0 Å². The fraction of sp³-hybridized carbons (Fsp3) is 0.667. The molecule has 0 rings (SSSR count). The van der Waals surface area contributed by atoms with Crippen LogP contribution >= 0.6 is 18.0 Å². The Morgan fingerprint density at radius 2 is 2.09 bits per heavy atom. The second-order valence-electron chi connectivity index (χ2n) is 1.68. The third-order valence-electron chi connectivity index (χ3n) is 0.807. The molecule has 0 amide bonds. The lowest BCUT2D eigenvalue weighted by atomic mass is 10.9. The van der Waals surface area contributed by atoms with Crippen LogP contribution in [-0.2, 0) is 13.8 Å². The topological polar surface area (TPSA) is 35.5 Å². The van der Waals surface area contributed by atoms with E-state index in [2.05, 4.69) is 0 Å². The summed E-state index contributed by atoms with van der Waals surface area (Å²) >= 11 is 5.44. The Balaban J connectivity index is 3.80. The first-order valence-corrected chi connectivity index (χ1v) is 5.95. The predicted octanol–water partition coefficient (Wildman–Crippen LogP) is 2.96. The van der Waals surface area contributed by atoms with Gasteiger partial charge in [0, 0.05) is 0 Å². The lowest BCUT2D eigenvalue weighted by Gasteiger charge is -2.03. The van der Waals surface area contributed by atoms with E-state index >= 15 is 0 Å². The van der Waals surface area contributed by atoms with Gasteiger partial charge in [0.15, 0.2) is 0 Å². The van der Waals surface area contributed by atoms with Crippen LogP contribution in [0.15, 0.2) is 12.1 Å². The van der Waals surface area contributed by atoms with Gasteiger partial charge in [0.25, 0.3) is 0 Å². The molecule has 11 heavy (non-hydrogen) atoms. The van der Waals surface area contributed by atoms with Crippen molar-refractivity contribution >= 4 is 18.0 Å². The summed E-state index contributed by atoms with van der Waals surface area (Å²) in [5.41, 5.74) is 0. The van der Waals surface area contributed by atoms with Gasteiger partial charge in [-0.25, -0.2) is 0 Å². The summed E-state index contributed by atoms with van der Waals surface area (Å²) < 4.78 is 20.6. The van der Waals surface area contributed by atoms with Crippen LogP contribution in [0.3, 0.4) is 0 Å². The van der Waals surface area contributed by atoms with E-state index in [1.807, 2.05) is 6.92 Å². The highest BCUT2D eigenvalue weighted by atomic mass is 35.7. The fourth-order valence-electron chi connectivity index (χ4n) is 0.431. The van der Waals surface area contributed by atoms with E-state index < -0.39 is 6.72 Å². The van der Waals surface area contributed by atoms with Gasteiger partial charge in [0.2, 0.25) is 0 Å². The molecule has 0 aromatic heterocycles. The van der Waals surface area contributed by atoms with E-state index in [9.17, 15) is 4.57 Å². The molecule has 66 valence electrons. The predicted molar refractivity (Wildman–Crippen MR) is 45.9 cm³/mol. The van der Waals surface area contributed by atoms with Gasteiger partial charge in [-0.1, -0.05) is 0 Å². The van der Waals surface area contributed by atoms with Crippen LogP contribution in [0.1, 0.15) is 13.8 Å². The van der Waals surface area contributed by atoms with E-state index in [0.29, 0.717) is 13.2 Å². The first-order chi connectivity index (χ1) is 5.12. The Hall–Kier alpha value is 0.0200. The van der Waals surface area contributed by atoms with Crippen molar-refractivity contribution in [2.24, 2.45) is 0 Å². The number of rotatable bonds is 5. The molecule has 3 nitrogen and oxygen atoms in total. The Labute approximate surface area is 71.6 Å². The van der Waals surface area contributed by atoms with Crippen LogP contribution in [0, 0.1) is 0 Å². The molecule has 0 saturated heterocycles. The van der Waals surface area contributed by atoms with E-state index in [1.54, 1.807) is 6.92 Å². The summed E-state index contributed by atoms with van der Waals surface area (Å²) in [5, 5.41) is 0. The SMILES string of the molecule is CCOC=CP(=O)(Cl)OCC. The molecule has 0 spiro atoms. The molecule has 0 saturated carbocycles. The molecule has 0 aromatic rings. The minimum Gasteiger partial charge on any atom is -0.501 e. The zero-order valence-electron chi connectivity index (χ0n) is 6.62. The number of halogens is 1. The Morgan fingerprint density at radius 3 is 2.55 bits per heavy atom. The van der Waals surface area contributed by atoms with Gasteiger partial charge in [0.1, 0.15) is 0 Å². The van der Waals surface area contributed by atoms with Crippen LogP contribution in [0.2, 0.25) is 0 Å². The maximum absolute atomic E-state index is 11.1. The molecule has 0 aromatic carbocycles. The average Bonchev–Trinajstić information content (AvgIpc) is 1.87. The van der Waals surface area contributed by atoms with E-state index in [-0.39, 0.29) is 0 Å². The molecule has 0 radical (unpaired) electrons. The van der Waals surface area contributed by atoms with Crippen molar-refractivity contribution in [3.05, 3.63) is 12.1 Å². The molecule has 0 heterocycles. The summed E-state index contributed by atoms with van der Waals surface area (Å²) in [5.74, 6) is 1.24. The lowest BCUT2D eigenvalue weighted by Crippen LogP contribution is -1.81. The summed E-state index contributed by atoms with van der Waals surface area (Å²) in [6, 6.07) is 0. The van der Waals surface area contributed by atoms with Gasteiger partial charge in [-0.05, 0) is 25.1 Å². The second-order valence-corrected chi connectivity index (χ2v) is 4.69. The van der Waals surface area contributed by atoms with Crippen LogP contribution in [-0.4, -0.2) is 13.2 Å². The smallest absolute Gasteiger partial charge is 0.315 e. The minimum atomic E-state index is -3.06. The van der Waals surface area contributed by atoms with Crippen molar-refractivity contribution < 1.29 is 13.8 Å². The maximum atomic E-state index is 11.1. The van der Waals surface area contributed by atoms with Crippen molar-refractivity contribution in [2.45, 2.75) is 13.8 Å². The highest BCUT2D eigenvalue weighted by molar-refractivity contribution is 7.87. The Kier molecular flexibility index (Phi) is 5.65. The maximum Gasteiger partial charge on any atom is 0.315 e. The molecule has 0 fully saturated rings. The molecule has 0 aliphatic rings. The zero-order valence-corrected chi connectivity index (χ0v) is 8.27. The quantitative estimate of drug-likeness (QED) is 0.503. The van der Waals surface area contributed by atoms with Gasteiger partial charge in [-0.15, -0.1) is 0 Å². The highest BCUT2D eigenvalue weighted by Crippen LogP contribution is 2.53. The normalized spacial score (nSPS) is 16.6. The monoisotopic (exact) mass is 198 g/mol. The summed E-state index contributed by atoms with van der Waals surface area (Å²) in [7, 11) is 0. The van der Waals surface area contributed by atoms with Crippen molar-refractivity contribution in [1.82, 2.24) is 0 Å². The van der Waals surface area contributed by atoms with Crippen molar-refractivity contribution in [3.63, 3.8) is 0 Å². The number of hydrogen-bond acceptors (Lipinski definition) is 3. The molecular formula is C6H12ClO3P. The van der Waals surface area contributed by atoms with Gasteiger partial charge in [-0.3, -0.25) is 4.57 Å². The van der Waals surface area contributed by atoms with Gasteiger partial charge in [0.05, 0.1) is 25.3 Å². The molecule has 5 heteroatoms. The summed E-state index contributed by atoms with van der Waals surface area (Å²) in [6.07, 6.45) is 1.30. The standard InChI is InChI=1S/C6H12ClO3P/c1-3-9-5-6-11(7,8)10-4-2/h5-6H,3-4H2,1-2H3. The van der Waals surface area contributed by atoms with Crippen LogP contribution in [0.4, 0.5) is 0 Å². The van der Waals surface area contributed by atoms with E-state index in [0.717, 1.165) is 0 Å². The molecule has 1 atom stereocenters. The van der Waals surface area contributed by atoms with Gasteiger partial charge in [-0.2, -0.15) is 0 Å². The summed E-state index contributed by atoms with van der Waals surface area (Å²) in [4.78, 5) is 0. The van der Waals surface area contributed by atoms with Crippen LogP contribution in [0.25, 0.3) is 0 Å². The fourth-order valence-corrected chi connectivity index (χ4v) is 1.53. The van der Waals surface area contributed by atoms with Crippen molar-refractivity contribution in [3.8, 4) is 0 Å². The molecule has 0 aliphatic carbocycles. The molecule has 1 unspecified atom stereocenters. The lowest BCUT2D eigenvalue weighted by molar-refractivity contribution is 0.269. The molecule has 0 aliphatic heterocycles. The minimum absolute atomic E-state index is 0.331. The Morgan fingerprint density at radius 1 is 1.45 bits per heavy atom. The first kappa shape index (κ1) is 11.0. The largest absolute Gasteiger partial charge is 0.501 e. The molecule has 0 bridgehead atoms. The van der Waals surface area contributed by atoms with Crippen molar-refractivity contribution in [1.29, 1.82) is 0 Å². The average molecular weight is 199 g/mol. The summed E-state index contributed by atoms with van der Waals surface area (Å²) in [6.45, 7) is 1.35. The van der Waals surface area contributed by atoms with E-state index in [1.165, 1.54) is 12.1 Å². The first-order valence-electron chi connectivity index (χ1n) is 3.35. The molecule has 0 N–H and O–H groups in total. The van der Waals surface area contributed by atoms with Crippen LogP contribution in [0.5, 0.6) is 0 Å². The number of ether oxygens (including phenoxy) is 1. The van der Waals surface area contributed by atoms with Gasteiger partial charge >= 0.3 is 6.72 Å². The Bertz CT molecular complexity index is 169. The van der Waals surface area contributed by atoms with E-state index in [4.69, 9.17) is 20.5 Å². The third kappa shape index (κ3) is 6.42. The van der Waals surface area contributed by atoms with Crippen molar-refractivity contribution in [2.75, 3.05) is 13.2 Å². The number of hydrogen-bond donors (Lipinski definition) is 0. The molecular weight excluding hydrogens is 186 g/mol. The second kappa shape index (κ2) is 5.64. The highest BCUT2D eigenvalue weighted by Gasteiger charge is 2.12. The van der Waals surface area contributed by atoms with Gasteiger partial charge < -0.3 is 9.26 Å².